The van der Waals surface area contributed by atoms with Gasteiger partial charge in [-0.05, 0) is 24.3 Å². The SMILES string of the molecule is O=S1(=O)C[C@@H](O)[C@H](N2CCN(c3ccc(Cl)cc3)CC2)C1. The van der Waals surface area contributed by atoms with Crippen LogP contribution in [0.2, 0.25) is 5.02 Å². The van der Waals surface area contributed by atoms with Crippen LogP contribution in [0.5, 0.6) is 0 Å². The molecule has 0 aromatic heterocycles. The number of anilines is 1. The molecule has 0 radical (unpaired) electrons. The molecule has 0 saturated carbocycles. The van der Waals surface area contributed by atoms with Crippen LogP contribution < -0.4 is 4.90 Å². The summed E-state index contributed by atoms with van der Waals surface area (Å²) in [5, 5.41) is 10.7. The zero-order valence-corrected chi connectivity index (χ0v) is 13.2. The number of hydrogen-bond donors (Lipinski definition) is 1. The van der Waals surface area contributed by atoms with E-state index < -0.39 is 15.9 Å². The van der Waals surface area contributed by atoms with Crippen molar-refractivity contribution in [3.63, 3.8) is 0 Å². The van der Waals surface area contributed by atoms with Crippen molar-refractivity contribution >= 4 is 27.1 Å². The molecule has 1 aromatic carbocycles. The van der Waals surface area contributed by atoms with Crippen molar-refractivity contribution in [1.29, 1.82) is 0 Å². The number of hydrogen-bond acceptors (Lipinski definition) is 5. The van der Waals surface area contributed by atoms with Gasteiger partial charge in [0.2, 0.25) is 0 Å². The molecular weight excluding hydrogens is 312 g/mol. The van der Waals surface area contributed by atoms with Gasteiger partial charge in [0.1, 0.15) is 0 Å². The molecule has 0 amide bonds. The molecule has 0 bridgehead atoms. The summed E-state index contributed by atoms with van der Waals surface area (Å²) in [5.74, 6) is -0.0236. The first-order valence-corrected chi connectivity index (χ1v) is 9.28. The fourth-order valence-electron chi connectivity index (χ4n) is 3.12. The topological polar surface area (TPSA) is 60.9 Å². The third-order valence-electron chi connectivity index (χ3n) is 4.27. The summed E-state index contributed by atoms with van der Waals surface area (Å²) in [7, 11) is -3.08. The van der Waals surface area contributed by atoms with Gasteiger partial charge in [0.05, 0.1) is 23.7 Å². The first-order chi connectivity index (χ1) is 9.94. The highest BCUT2D eigenvalue weighted by atomic mass is 35.5. The largest absolute Gasteiger partial charge is 0.390 e. The maximum Gasteiger partial charge on any atom is 0.154 e. The highest BCUT2D eigenvalue weighted by Gasteiger charge is 2.40. The Morgan fingerprint density at radius 1 is 1.05 bits per heavy atom. The van der Waals surface area contributed by atoms with Gasteiger partial charge < -0.3 is 10.0 Å². The summed E-state index contributed by atoms with van der Waals surface area (Å²) in [5.41, 5.74) is 1.12. The van der Waals surface area contributed by atoms with Crippen LogP contribution in [-0.4, -0.2) is 68.3 Å². The Balaban J connectivity index is 1.62. The maximum atomic E-state index is 11.6. The third-order valence-corrected chi connectivity index (χ3v) is 6.22. The first kappa shape index (κ1) is 15.1. The Morgan fingerprint density at radius 3 is 2.19 bits per heavy atom. The highest BCUT2D eigenvalue weighted by Crippen LogP contribution is 2.23. The van der Waals surface area contributed by atoms with E-state index in [1.807, 2.05) is 24.3 Å². The average Bonchev–Trinajstić information content (AvgIpc) is 2.73. The van der Waals surface area contributed by atoms with Crippen LogP contribution in [0.3, 0.4) is 0 Å². The number of nitrogens with zero attached hydrogens (tertiary/aromatic N) is 2. The number of piperazine rings is 1. The van der Waals surface area contributed by atoms with E-state index in [0.717, 1.165) is 36.9 Å². The van der Waals surface area contributed by atoms with E-state index in [-0.39, 0.29) is 17.5 Å². The molecule has 2 fully saturated rings. The first-order valence-electron chi connectivity index (χ1n) is 7.08. The molecule has 0 aliphatic carbocycles. The van der Waals surface area contributed by atoms with E-state index in [1.165, 1.54) is 0 Å². The van der Waals surface area contributed by atoms with Crippen molar-refractivity contribution in [2.75, 3.05) is 42.6 Å². The van der Waals surface area contributed by atoms with Crippen LogP contribution in [0.15, 0.2) is 24.3 Å². The Morgan fingerprint density at radius 2 is 1.67 bits per heavy atom. The van der Waals surface area contributed by atoms with Crippen LogP contribution >= 0.6 is 11.6 Å². The second kappa shape index (κ2) is 5.76. The molecule has 5 nitrogen and oxygen atoms in total. The zero-order chi connectivity index (χ0) is 15.0. The van der Waals surface area contributed by atoms with Gasteiger partial charge in [0.25, 0.3) is 0 Å². The molecule has 7 heteroatoms. The molecule has 2 heterocycles. The average molecular weight is 331 g/mol. The standard InChI is InChI=1S/C14H19ClN2O3S/c15-11-1-3-12(4-2-11)16-5-7-17(8-6-16)13-9-21(19,20)10-14(13)18/h1-4,13-14,18H,5-10H2/t13-,14-/m1/s1. The third kappa shape index (κ3) is 3.34. The summed E-state index contributed by atoms with van der Waals surface area (Å²) < 4.78 is 23.2. The molecule has 2 aliphatic rings. The lowest BCUT2D eigenvalue weighted by molar-refractivity contribution is 0.0793. The van der Waals surface area contributed by atoms with Crippen LogP contribution in [0.25, 0.3) is 0 Å². The van der Waals surface area contributed by atoms with Crippen molar-refractivity contribution in [2.24, 2.45) is 0 Å². The lowest BCUT2D eigenvalue weighted by Gasteiger charge is -2.39. The molecule has 2 saturated heterocycles. The van der Waals surface area contributed by atoms with Gasteiger partial charge >= 0.3 is 0 Å². The van der Waals surface area contributed by atoms with Crippen molar-refractivity contribution in [3.05, 3.63) is 29.3 Å². The van der Waals surface area contributed by atoms with E-state index in [9.17, 15) is 13.5 Å². The predicted octanol–water partition coefficient (Wildman–Crippen LogP) is 0.620. The minimum absolute atomic E-state index is 0.0785. The minimum atomic E-state index is -3.08. The second-order valence-electron chi connectivity index (χ2n) is 5.71. The van der Waals surface area contributed by atoms with Crippen LogP contribution in [-0.2, 0) is 9.84 Å². The monoisotopic (exact) mass is 330 g/mol. The quantitative estimate of drug-likeness (QED) is 0.861. The molecule has 0 unspecified atom stereocenters. The smallest absolute Gasteiger partial charge is 0.154 e. The van der Waals surface area contributed by atoms with Gasteiger partial charge in [-0.15, -0.1) is 0 Å². The van der Waals surface area contributed by atoms with Gasteiger partial charge in [0.15, 0.2) is 9.84 Å². The van der Waals surface area contributed by atoms with E-state index >= 15 is 0 Å². The Kier molecular flexibility index (Phi) is 4.14. The van der Waals surface area contributed by atoms with E-state index in [0.29, 0.717) is 0 Å². The number of aliphatic hydroxyl groups excluding tert-OH is 1. The minimum Gasteiger partial charge on any atom is -0.390 e. The normalized spacial score (nSPS) is 29.7. The Labute approximate surface area is 130 Å². The highest BCUT2D eigenvalue weighted by molar-refractivity contribution is 7.91. The molecule has 21 heavy (non-hydrogen) atoms. The molecule has 116 valence electrons. The maximum absolute atomic E-state index is 11.6. The van der Waals surface area contributed by atoms with Crippen LogP contribution in [0, 0.1) is 0 Å². The molecular formula is C14H19ClN2O3S. The van der Waals surface area contributed by atoms with Crippen molar-refractivity contribution in [1.82, 2.24) is 4.90 Å². The van der Waals surface area contributed by atoms with E-state index in [2.05, 4.69) is 9.80 Å². The van der Waals surface area contributed by atoms with Gasteiger partial charge in [0, 0.05) is 36.9 Å². The molecule has 1 aromatic rings. The summed E-state index contributed by atoms with van der Waals surface area (Å²) >= 11 is 5.89. The fraction of sp³-hybridized carbons (Fsp3) is 0.571. The second-order valence-corrected chi connectivity index (χ2v) is 8.30. The van der Waals surface area contributed by atoms with Gasteiger partial charge in [-0.1, -0.05) is 11.6 Å². The number of rotatable bonds is 2. The Hall–Kier alpha value is -0.820. The van der Waals surface area contributed by atoms with Gasteiger partial charge in [-0.3, -0.25) is 4.90 Å². The number of sulfone groups is 1. The summed E-state index contributed by atoms with van der Waals surface area (Å²) in [6.45, 7) is 3.18. The van der Waals surface area contributed by atoms with Crippen molar-refractivity contribution in [2.45, 2.75) is 12.1 Å². The summed E-state index contributed by atoms with van der Waals surface area (Å²) in [6.07, 6.45) is -0.753. The molecule has 2 atom stereocenters. The van der Waals surface area contributed by atoms with Gasteiger partial charge in [-0.2, -0.15) is 0 Å². The lowest BCUT2D eigenvalue weighted by atomic mass is 10.1. The van der Waals surface area contributed by atoms with E-state index in [1.54, 1.807) is 0 Å². The van der Waals surface area contributed by atoms with Crippen molar-refractivity contribution < 1.29 is 13.5 Å². The van der Waals surface area contributed by atoms with E-state index in [4.69, 9.17) is 11.6 Å². The number of halogens is 1. The van der Waals surface area contributed by atoms with Crippen LogP contribution in [0.4, 0.5) is 5.69 Å². The summed E-state index contributed by atoms with van der Waals surface area (Å²) in [6, 6.07) is 7.48. The zero-order valence-electron chi connectivity index (χ0n) is 11.7. The number of benzene rings is 1. The molecule has 0 spiro atoms. The van der Waals surface area contributed by atoms with Crippen molar-refractivity contribution in [3.8, 4) is 0 Å². The fourth-order valence-corrected chi connectivity index (χ4v) is 5.08. The van der Waals surface area contributed by atoms with Crippen LogP contribution in [0.1, 0.15) is 0 Å². The molecule has 2 aliphatic heterocycles. The Bertz CT molecular complexity index is 597. The molecule has 3 rings (SSSR count). The number of aliphatic hydroxyl groups is 1. The van der Waals surface area contributed by atoms with Gasteiger partial charge in [-0.25, -0.2) is 8.42 Å². The molecule has 1 N–H and O–H groups in total. The lowest BCUT2D eigenvalue weighted by Crippen LogP contribution is -2.53. The predicted molar refractivity (Wildman–Crippen MR) is 83.7 cm³/mol. The summed E-state index contributed by atoms with van der Waals surface area (Å²) in [4.78, 5) is 4.35.